The second kappa shape index (κ2) is 10.4. The first-order valence-electron chi connectivity index (χ1n) is 14.2. The Kier molecular flexibility index (Phi) is 6.35. The third-order valence-electron chi connectivity index (χ3n) is 7.83. The minimum Gasteiger partial charge on any atom is -0.340 e. The molecule has 0 aliphatic heterocycles. The van der Waals surface area contributed by atoms with E-state index in [9.17, 15) is 4.79 Å². The van der Waals surface area contributed by atoms with E-state index in [-0.39, 0.29) is 17.2 Å². The highest BCUT2D eigenvalue weighted by molar-refractivity contribution is 5.61. The lowest BCUT2D eigenvalue weighted by Crippen LogP contribution is -2.36. The van der Waals surface area contributed by atoms with E-state index >= 15 is 0 Å². The van der Waals surface area contributed by atoms with Crippen molar-refractivity contribution in [2.45, 2.75) is 25.4 Å². The van der Waals surface area contributed by atoms with Crippen molar-refractivity contribution in [3.05, 3.63) is 149 Å². The molecule has 0 spiro atoms. The predicted molar refractivity (Wildman–Crippen MR) is 166 cm³/mol. The third kappa shape index (κ3) is 4.20. The van der Waals surface area contributed by atoms with Crippen molar-refractivity contribution in [2.24, 2.45) is 7.05 Å². The van der Waals surface area contributed by atoms with Crippen molar-refractivity contribution in [2.75, 3.05) is 0 Å². The zero-order valence-corrected chi connectivity index (χ0v) is 24.1. The van der Waals surface area contributed by atoms with Gasteiger partial charge in [-0.15, -0.1) is 5.10 Å². The van der Waals surface area contributed by atoms with Gasteiger partial charge in [-0.05, 0) is 30.5 Å². The molecule has 0 saturated heterocycles. The van der Waals surface area contributed by atoms with E-state index in [1.165, 1.54) is 0 Å². The molecule has 0 N–H and O–H groups in total. The fourth-order valence-electron chi connectivity index (χ4n) is 5.92. The van der Waals surface area contributed by atoms with Crippen molar-refractivity contribution < 1.29 is 0 Å². The van der Waals surface area contributed by atoms with Gasteiger partial charge in [0.2, 0.25) is 5.65 Å². The summed E-state index contributed by atoms with van der Waals surface area (Å²) >= 11 is 0. The predicted octanol–water partition coefficient (Wildman–Crippen LogP) is 5.58. The Hall–Kier alpha value is -5.57. The maximum Gasteiger partial charge on any atom is 0.297 e. The average molecular weight is 567 g/mol. The van der Waals surface area contributed by atoms with Gasteiger partial charge in [-0.2, -0.15) is 0 Å². The number of benzene rings is 3. The quantitative estimate of drug-likeness (QED) is 0.235. The molecular formula is C34H30N8O. The molecule has 0 unspecified atom stereocenters. The van der Waals surface area contributed by atoms with Gasteiger partial charge in [0.05, 0.1) is 18.9 Å². The van der Waals surface area contributed by atoms with Gasteiger partial charge in [-0.1, -0.05) is 91.0 Å². The minimum absolute atomic E-state index is 0.135. The summed E-state index contributed by atoms with van der Waals surface area (Å²) in [4.78, 5) is 27.6. The molecule has 0 fully saturated rings. The first kappa shape index (κ1) is 26.3. The van der Waals surface area contributed by atoms with E-state index in [4.69, 9.17) is 10.1 Å². The highest BCUT2D eigenvalue weighted by atomic mass is 16.1. The van der Waals surface area contributed by atoms with E-state index in [1.54, 1.807) is 21.6 Å². The zero-order valence-electron chi connectivity index (χ0n) is 24.1. The monoisotopic (exact) mass is 566 g/mol. The molecule has 0 amide bonds. The molecule has 7 rings (SSSR count). The lowest BCUT2D eigenvalue weighted by atomic mass is 9.77. The van der Waals surface area contributed by atoms with E-state index in [1.807, 2.05) is 62.4 Å². The summed E-state index contributed by atoms with van der Waals surface area (Å²) in [6.07, 6.45) is 9.07. The Balaban J connectivity index is 1.47. The summed E-state index contributed by atoms with van der Waals surface area (Å²) < 4.78 is 7.20. The maximum atomic E-state index is 13.7. The molecule has 0 bridgehead atoms. The fraction of sp³-hybridized carbons (Fsp3) is 0.147. The van der Waals surface area contributed by atoms with E-state index in [0.717, 1.165) is 16.7 Å². The summed E-state index contributed by atoms with van der Waals surface area (Å²) in [5.41, 5.74) is 4.41. The van der Waals surface area contributed by atoms with Crippen LogP contribution in [0.25, 0.3) is 28.6 Å². The van der Waals surface area contributed by atoms with Gasteiger partial charge in [0.25, 0.3) is 5.56 Å². The Morgan fingerprint density at radius 2 is 1.26 bits per heavy atom. The van der Waals surface area contributed by atoms with Crippen molar-refractivity contribution in [3.63, 3.8) is 0 Å². The molecule has 43 heavy (non-hydrogen) atoms. The Morgan fingerprint density at radius 3 is 1.77 bits per heavy atom. The molecule has 0 aliphatic rings. The van der Waals surface area contributed by atoms with Crippen LogP contribution in [0.3, 0.4) is 0 Å². The normalized spacial score (nSPS) is 11.9. The van der Waals surface area contributed by atoms with Crippen LogP contribution in [0.4, 0.5) is 0 Å². The minimum atomic E-state index is -0.716. The summed E-state index contributed by atoms with van der Waals surface area (Å²) in [7, 11) is 1.89. The number of imidazole rings is 3. The second-order valence-electron chi connectivity index (χ2n) is 10.9. The van der Waals surface area contributed by atoms with Crippen molar-refractivity contribution in [1.29, 1.82) is 0 Å². The lowest BCUT2D eigenvalue weighted by molar-refractivity contribution is 0.515. The van der Waals surface area contributed by atoms with Gasteiger partial charge in [0, 0.05) is 25.5 Å². The van der Waals surface area contributed by atoms with Gasteiger partial charge in [0.1, 0.15) is 22.6 Å². The van der Waals surface area contributed by atoms with Crippen LogP contribution in [0.2, 0.25) is 0 Å². The second-order valence-corrected chi connectivity index (χ2v) is 10.9. The van der Waals surface area contributed by atoms with Crippen molar-refractivity contribution in [1.82, 2.24) is 38.3 Å². The van der Waals surface area contributed by atoms with E-state index < -0.39 is 5.54 Å². The first-order valence-corrected chi connectivity index (χ1v) is 14.2. The van der Waals surface area contributed by atoms with Crippen LogP contribution in [0.1, 0.15) is 36.6 Å². The summed E-state index contributed by atoms with van der Waals surface area (Å²) in [5, 5.41) is 4.92. The van der Waals surface area contributed by atoms with Crippen LogP contribution >= 0.6 is 0 Å². The smallest absolute Gasteiger partial charge is 0.297 e. The zero-order chi connectivity index (χ0) is 29.6. The molecular weight excluding hydrogens is 536 g/mol. The highest BCUT2D eigenvalue weighted by Crippen LogP contribution is 2.41. The molecule has 4 heterocycles. The van der Waals surface area contributed by atoms with Crippen molar-refractivity contribution >= 4 is 5.65 Å². The molecule has 0 aliphatic carbocycles. The maximum absolute atomic E-state index is 13.7. The number of aryl methyl sites for hydroxylation is 1. The van der Waals surface area contributed by atoms with Crippen LogP contribution in [-0.2, 0) is 12.6 Å². The topological polar surface area (TPSA) is 87.8 Å². The van der Waals surface area contributed by atoms with Gasteiger partial charge in [0.15, 0.2) is 5.82 Å². The van der Waals surface area contributed by atoms with Gasteiger partial charge < -0.3 is 9.13 Å². The standard InChI is InChI=1S/C34H30N8O/c1-24(2)41-31(29-20-39(3)22-36-29)38-42-30(19-35-32(42)33(41)43)28-21-40(23-37-28)34(25-13-7-4-8-14-25,26-15-9-5-10-16-26)27-17-11-6-12-18-27/h4-24H,1-3H3. The average Bonchev–Trinajstić information content (AvgIpc) is 3.79. The molecule has 9 nitrogen and oxygen atoms in total. The van der Waals surface area contributed by atoms with Crippen LogP contribution in [0.15, 0.2) is 127 Å². The van der Waals surface area contributed by atoms with E-state index in [2.05, 4.69) is 87.3 Å². The summed E-state index contributed by atoms with van der Waals surface area (Å²) in [6.45, 7) is 3.90. The van der Waals surface area contributed by atoms with E-state index in [0.29, 0.717) is 22.9 Å². The van der Waals surface area contributed by atoms with Gasteiger partial charge >= 0.3 is 0 Å². The molecule has 0 saturated carbocycles. The first-order chi connectivity index (χ1) is 21.0. The van der Waals surface area contributed by atoms with Gasteiger partial charge in [-0.3, -0.25) is 9.36 Å². The number of rotatable bonds is 7. The molecule has 0 radical (unpaired) electrons. The van der Waals surface area contributed by atoms with Crippen molar-refractivity contribution in [3.8, 4) is 22.9 Å². The molecule has 3 aromatic carbocycles. The Morgan fingerprint density at radius 1 is 0.698 bits per heavy atom. The largest absolute Gasteiger partial charge is 0.340 e. The van der Waals surface area contributed by atoms with Crippen LogP contribution in [0, 0.1) is 0 Å². The van der Waals surface area contributed by atoms with Crippen LogP contribution < -0.4 is 5.56 Å². The number of fused-ring (bicyclic) bond motifs is 1. The summed E-state index contributed by atoms with van der Waals surface area (Å²) in [5.74, 6) is 0.471. The SMILES string of the molecule is CC(C)n1c(-c2cn(C)cn2)nn2c(-c3cn(C(c4ccccc4)(c4ccccc4)c4ccccc4)cn3)cnc2c1=O. The molecule has 212 valence electrons. The molecule has 4 aromatic heterocycles. The van der Waals surface area contributed by atoms with Crippen LogP contribution in [0.5, 0.6) is 0 Å². The molecule has 7 aromatic rings. The number of nitrogens with zero attached hydrogens (tertiary/aromatic N) is 8. The third-order valence-corrected chi connectivity index (χ3v) is 7.83. The number of hydrogen-bond acceptors (Lipinski definition) is 5. The Labute approximate surface area is 248 Å². The fourth-order valence-corrected chi connectivity index (χ4v) is 5.92. The lowest BCUT2D eigenvalue weighted by Gasteiger charge is -2.37. The number of hydrogen-bond donors (Lipinski definition) is 0. The highest BCUT2D eigenvalue weighted by Gasteiger charge is 2.38. The van der Waals surface area contributed by atoms with Gasteiger partial charge in [-0.25, -0.2) is 19.5 Å². The molecule has 9 heteroatoms. The summed E-state index contributed by atoms with van der Waals surface area (Å²) in [6, 6.07) is 31.1. The Bertz CT molecular complexity index is 1990. The number of aromatic nitrogens is 8. The van der Waals surface area contributed by atoms with Crippen LogP contribution in [-0.4, -0.2) is 38.3 Å². The molecule has 0 atom stereocenters.